The number of aryl methyl sites for hydroxylation is 3. The van der Waals surface area contributed by atoms with Crippen molar-refractivity contribution in [3.8, 4) is 5.69 Å². The highest BCUT2D eigenvalue weighted by Crippen LogP contribution is 2.31. The highest BCUT2D eigenvalue weighted by molar-refractivity contribution is 7.99. The van der Waals surface area contributed by atoms with Gasteiger partial charge in [0, 0.05) is 10.6 Å². The Labute approximate surface area is 172 Å². The van der Waals surface area contributed by atoms with Crippen molar-refractivity contribution < 1.29 is 9.47 Å². The quantitative estimate of drug-likeness (QED) is 0.462. The van der Waals surface area contributed by atoms with E-state index in [9.17, 15) is 4.79 Å². The minimum absolute atomic E-state index is 0.0101. The van der Waals surface area contributed by atoms with Crippen LogP contribution in [0.3, 0.4) is 0 Å². The van der Waals surface area contributed by atoms with Gasteiger partial charge in [-0.2, -0.15) is 0 Å². The van der Waals surface area contributed by atoms with E-state index in [1.54, 1.807) is 27.7 Å². The molecule has 0 N–H and O–H groups in total. The molecule has 0 spiro atoms. The third-order valence-corrected chi connectivity index (χ3v) is 7.53. The van der Waals surface area contributed by atoms with Gasteiger partial charge < -0.3 is 9.47 Å². The summed E-state index contributed by atoms with van der Waals surface area (Å²) in [5, 5.41) is 1.46. The molecule has 0 unspecified atom stereocenters. The van der Waals surface area contributed by atoms with Crippen molar-refractivity contribution in [2.75, 3.05) is 19.2 Å². The van der Waals surface area contributed by atoms with Gasteiger partial charge in [0.25, 0.3) is 5.56 Å². The van der Waals surface area contributed by atoms with E-state index in [0.717, 1.165) is 54.8 Å². The van der Waals surface area contributed by atoms with E-state index < -0.39 is 0 Å². The van der Waals surface area contributed by atoms with Crippen LogP contribution >= 0.6 is 23.1 Å². The molecule has 3 aromatic rings. The molecule has 0 bridgehead atoms. The smallest absolute Gasteiger partial charge is 0.267 e. The fourth-order valence-corrected chi connectivity index (χ4v) is 5.50. The summed E-state index contributed by atoms with van der Waals surface area (Å²) in [6, 6.07) is 6.06. The second kappa shape index (κ2) is 7.99. The summed E-state index contributed by atoms with van der Waals surface area (Å²) in [6.45, 7) is 9.23. The summed E-state index contributed by atoms with van der Waals surface area (Å²) in [5.41, 5.74) is 4.20. The maximum absolute atomic E-state index is 13.6. The molecule has 3 heterocycles. The molecule has 7 heteroatoms. The molecular formula is C21H24N2O3S2. The Morgan fingerprint density at radius 1 is 1.25 bits per heavy atom. The molecular weight excluding hydrogens is 392 g/mol. The number of rotatable bonds is 4. The predicted molar refractivity (Wildman–Crippen MR) is 115 cm³/mol. The molecule has 1 aliphatic heterocycles. The number of thiophene rings is 1. The van der Waals surface area contributed by atoms with Gasteiger partial charge in [0.05, 0.1) is 23.8 Å². The third kappa shape index (κ3) is 3.52. The monoisotopic (exact) mass is 416 g/mol. The van der Waals surface area contributed by atoms with Crippen molar-refractivity contribution in [1.82, 2.24) is 9.55 Å². The Balaban J connectivity index is 1.86. The summed E-state index contributed by atoms with van der Waals surface area (Å²) in [5.74, 6) is 0.746. The zero-order valence-electron chi connectivity index (χ0n) is 16.6. The molecule has 28 heavy (non-hydrogen) atoms. The molecule has 0 saturated carbocycles. The van der Waals surface area contributed by atoms with E-state index in [2.05, 4.69) is 19.9 Å². The van der Waals surface area contributed by atoms with Gasteiger partial charge in [-0.1, -0.05) is 23.9 Å². The first-order valence-electron chi connectivity index (χ1n) is 9.39. The van der Waals surface area contributed by atoms with E-state index in [1.807, 2.05) is 26.0 Å². The summed E-state index contributed by atoms with van der Waals surface area (Å²) in [4.78, 5) is 20.4. The minimum atomic E-state index is 0.0101. The van der Waals surface area contributed by atoms with E-state index in [0.29, 0.717) is 13.4 Å². The summed E-state index contributed by atoms with van der Waals surface area (Å²) in [7, 11) is 0. The van der Waals surface area contributed by atoms with Crippen molar-refractivity contribution in [3.63, 3.8) is 0 Å². The van der Waals surface area contributed by atoms with Crippen LogP contribution in [0.2, 0.25) is 0 Å². The highest BCUT2D eigenvalue weighted by atomic mass is 32.2. The Morgan fingerprint density at radius 3 is 2.82 bits per heavy atom. The van der Waals surface area contributed by atoms with Crippen LogP contribution in [-0.4, -0.2) is 34.8 Å². The van der Waals surface area contributed by atoms with Crippen molar-refractivity contribution >= 4 is 33.3 Å². The Kier molecular flexibility index (Phi) is 5.60. The highest BCUT2D eigenvalue weighted by Gasteiger charge is 2.21. The van der Waals surface area contributed by atoms with Crippen LogP contribution in [0, 0.1) is 27.7 Å². The molecule has 4 rings (SSSR count). The number of benzene rings is 1. The molecule has 1 saturated heterocycles. The molecule has 0 amide bonds. The number of aromatic nitrogens is 2. The lowest BCUT2D eigenvalue weighted by atomic mass is 10.1. The van der Waals surface area contributed by atoms with Gasteiger partial charge in [-0.15, -0.1) is 11.3 Å². The molecule has 1 fully saturated rings. The minimum Gasteiger partial charge on any atom is -0.355 e. The zero-order valence-corrected chi connectivity index (χ0v) is 18.2. The largest absolute Gasteiger partial charge is 0.355 e. The lowest BCUT2D eigenvalue weighted by molar-refractivity contribution is -0.130. The zero-order chi connectivity index (χ0) is 19.8. The van der Waals surface area contributed by atoms with E-state index in [1.165, 1.54) is 0 Å². The summed E-state index contributed by atoms with van der Waals surface area (Å²) in [6.07, 6.45) is 0.977. The van der Waals surface area contributed by atoms with Gasteiger partial charge in [0.2, 0.25) is 0 Å². The van der Waals surface area contributed by atoms with Crippen LogP contribution in [-0.2, 0) is 9.47 Å². The first-order valence-corrected chi connectivity index (χ1v) is 11.2. The number of ether oxygens (including phenoxy) is 2. The van der Waals surface area contributed by atoms with Crippen LogP contribution in [0.5, 0.6) is 0 Å². The SMILES string of the molecule is Cc1cccc(-n2c(SC[C@H]3CCOCO3)nc3sc(C)c(C)c3c2=O)c1C. The number of hydrogen-bond donors (Lipinski definition) is 0. The van der Waals surface area contributed by atoms with Gasteiger partial charge >= 0.3 is 0 Å². The molecule has 5 nitrogen and oxygen atoms in total. The first kappa shape index (κ1) is 19.6. The Hall–Kier alpha value is -1.67. The van der Waals surface area contributed by atoms with E-state index >= 15 is 0 Å². The fourth-order valence-electron chi connectivity index (χ4n) is 3.36. The van der Waals surface area contributed by atoms with Gasteiger partial charge in [0.15, 0.2) is 5.16 Å². The predicted octanol–water partition coefficient (Wildman–Crippen LogP) is 4.54. The van der Waals surface area contributed by atoms with Crippen molar-refractivity contribution in [1.29, 1.82) is 0 Å². The van der Waals surface area contributed by atoms with E-state index in [-0.39, 0.29) is 11.7 Å². The number of hydrogen-bond acceptors (Lipinski definition) is 6. The van der Waals surface area contributed by atoms with E-state index in [4.69, 9.17) is 14.5 Å². The average Bonchev–Trinajstić information content (AvgIpc) is 2.98. The molecule has 0 radical (unpaired) electrons. The molecule has 1 aromatic carbocycles. The van der Waals surface area contributed by atoms with Crippen molar-refractivity contribution in [2.24, 2.45) is 0 Å². The summed E-state index contributed by atoms with van der Waals surface area (Å²) >= 11 is 3.18. The van der Waals surface area contributed by atoms with Gasteiger partial charge in [-0.3, -0.25) is 9.36 Å². The number of fused-ring (bicyclic) bond motifs is 1. The van der Waals surface area contributed by atoms with Gasteiger partial charge in [-0.05, 0) is 56.9 Å². The van der Waals surface area contributed by atoms with Crippen LogP contribution < -0.4 is 5.56 Å². The summed E-state index contributed by atoms with van der Waals surface area (Å²) < 4.78 is 12.7. The van der Waals surface area contributed by atoms with Crippen molar-refractivity contribution in [2.45, 2.75) is 45.4 Å². The topological polar surface area (TPSA) is 53.4 Å². The van der Waals surface area contributed by atoms with Crippen LogP contribution in [0.4, 0.5) is 0 Å². The second-order valence-corrected chi connectivity index (χ2v) is 9.32. The lowest BCUT2D eigenvalue weighted by Crippen LogP contribution is -2.27. The molecule has 148 valence electrons. The fraction of sp³-hybridized carbons (Fsp3) is 0.429. The number of nitrogens with zero attached hydrogens (tertiary/aromatic N) is 2. The maximum Gasteiger partial charge on any atom is 0.267 e. The molecule has 2 aromatic heterocycles. The van der Waals surface area contributed by atoms with Crippen molar-refractivity contribution in [3.05, 3.63) is 50.1 Å². The van der Waals surface area contributed by atoms with Crippen LogP contribution in [0.15, 0.2) is 28.2 Å². The van der Waals surface area contributed by atoms with Crippen LogP contribution in [0.25, 0.3) is 15.9 Å². The number of thioether (sulfide) groups is 1. The van der Waals surface area contributed by atoms with Gasteiger partial charge in [0.1, 0.15) is 11.6 Å². The maximum atomic E-state index is 13.6. The third-order valence-electron chi connectivity index (χ3n) is 5.36. The average molecular weight is 417 g/mol. The molecule has 1 aliphatic rings. The normalized spacial score (nSPS) is 17.4. The Bertz CT molecular complexity index is 1080. The first-order chi connectivity index (χ1) is 13.5. The van der Waals surface area contributed by atoms with Crippen LogP contribution in [0.1, 0.15) is 28.0 Å². The lowest BCUT2D eigenvalue weighted by Gasteiger charge is -2.23. The van der Waals surface area contributed by atoms with Gasteiger partial charge in [-0.25, -0.2) is 4.98 Å². The molecule has 1 atom stereocenters. The molecule has 0 aliphatic carbocycles. The standard InChI is InChI=1S/C21H24N2O3S2/c1-12-6-5-7-17(13(12)2)23-20(24)18-14(3)15(4)28-19(18)22-21(23)27-10-16-8-9-25-11-26-16/h5-7,16H,8-11H2,1-4H3/t16-/m1/s1. The Morgan fingerprint density at radius 2 is 2.07 bits per heavy atom. The second-order valence-electron chi connectivity index (χ2n) is 7.13.